The van der Waals surface area contributed by atoms with Gasteiger partial charge in [0.25, 0.3) is 0 Å². The standard InChI is InChI=1S/C26H22Cl2F3NO4S/c27-21-14-24(36-37(33,34)26(29,30)31)22(28)13-16(21)7-9-25(10-11-25)20-15-32-12-8-18(20)19-3-1-2-4-23(19)35-17-5-6-17/h1-4,8,12-15,17H,5-7,9-11H2. The van der Waals surface area contributed by atoms with Gasteiger partial charge in [-0.05, 0) is 78.8 Å². The summed E-state index contributed by atoms with van der Waals surface area (Å²) in [5, 5.41) is -0.201. The molecule has 2 aromatic carbocycles. The number of halogens is 5. The molecule has 0 saturated heterocycles. The van der Waals surface area contributed by atoms with Crippen LogP contribution in [0.15, 0.2) is 54.9 Å². The van der Waals surface area contributed by atoms with Gasteiger partial charge in [-0.3, -0.25) is 4.98 Å². The number of aromatic nitrogens is 1. The smallest absolute Gasteiger partial charge is 0.490 e. The third-order valence-electron chi connectivity index (χ3n) is 6.70. The maximum atomic E-state index is 12.7. The molecule has 2 saturated carbocycles. The first-order valence-corrected chi connectivity index (χ1v) is 13.8. The van der Waals surface area contributed by atoms with Crippen LogP contribution in [-0.4, -0.2) is 25.0 Å². The lowest BCUT2D eigenvalue weighted by molar-refractivity contribution is -0.0500. The van der Waals surface area contributed by atoms with Gasteiger partial charge in [0.15, 0.2) is 5.75 Å². The molecular formula is C26H22Cl2F3NO4S. The zero-order chi connectivity index (χ0) is 26.4. The lowest BCUT2D eigenvalue weighted by Crippen LogP contribution is -2.28. The summed E-state index contributed by atoms with van der Waals surface area (Å²) in [4.78, 5) is 4.38. The maximum Gasteiger partial charge on any atom is 0.534 e. The molecule has 0 N–H and O–H groups in total. The minimum atomic E-state index is -5.86. The molecule has 0 amide bonds. The molecule has 2 aliphatic rings. The average molecular weight is 572 g/mol. The highest BCUT2D eigenvalue weighted by Crippen LogP contribution is 2.55. The van der Waals surface area contributed by atoms with E-state index in [1.807, 2.05) is 36.5 Å². The van der Waals surface area contributed by atoms with Crippen molar-refractivity contribution >= 4 is 33.3 Å². The number of benzene rings is 2. The van der Waals surface area contributed by atoms with Gasteiger partial charge in [-0.2, -0.15) is 21.6 Å². The minimum absolute atomic E-state index is 0.0714. The number of hydrogen-bond acceptors (Lipinski definition) is 5. The van der Waals surface area contributed by atoms with Gasteiger partial charge in [0.05, 0.1) is 11.1 Å². The molecule has 5 rings (SSSR count). The molecule has 2 aliphatic carbocycles. The van der Waals surface area contributed by atoms with Crippen LogP contribution in [0.1, 0.15) is 43.2 Å². The number of hydrogen-bond donors (Lipinski definition) is 0. The summed E-state index contributed by atoms with van der Waals surface area (Å²) in [7, 11) is -5.86. The van der Waals surface area contributed by atoms with Crippen molar-refractivity contribution in [3.05, 3.63) is 76.0 Å². The van der Waals surface area contributed by atoms with E-state index in [0.29, 0.717) is 18.4 Å². The molecule has 37 heavy (non-hydrogen) atoms. The Morgan fingerprint density at radius 3 is 2.41 bits per heavy atom. The molecule has 0 bridgehead atoms. The van der Waals surface area contributed by atoms with E-state index in [1.165, 1.54) is 6.07 Å². The number of alkyl halides is 3. The second-order valence-corrected chi connectivity index (χ2v) is 11.7. The van der Waals surface area contributed by atoms with Crippen molar-refractivity contribution in [2.45, 2.75) is 55.6 Å². The first-order valence-electron chi connectivity index (χ1n) is 11.7. The Hall–Kier alpha value is -2.49. The Labute approximate surface area is 222 Å². The molecule has 0 unspecified atom stereocenters. The van der Waals surface area contributed by atoms with Gasteiger partial charge in [0.1, 0.15) is 5.75 Å². The van der Waals surface area contributed by atoms with E-state index in [0.717, 1.165) is 54.2 Å². The van der Waals surface area contributed by atoms with Crippen molar-refractivity contribution in [2.24, 2.45) is 0 Å². The zero-order valence-electron chi connectivity index (χ0n) is 19.4. The van der Waals surface area contributed by atoms with E-state index in [-0.39, 0.29) is 21.6 Å². The summed E-state index contributed by atoms with van der Waals surface area (Å²) in [5.74, 6) is 0.170. The Balaban J connectivity index is 1.38. The number of para-hydroxylation sites is 1. The molecule has 0 aliphatic heterocycles. The summed E-state index contributed by atoms with van der Waals surface area (Å²) in [6.45, 7) is 0. The average Bonchev–Trinajstić information content (AvgIpc) is 3.77. The highest BCUT2D eigenvalue weighted by molar-refractivity contribution is 7.88. The van der Waals surface area contributed by atoms with E-state index in [9.17, 15) is 21.6 Å². The number of pyridine rings is 1. The predicted molar refractivity (Wildman–Crippen MR) is 135 cm³/mol. The molecule has 196 valence electrons. The van der Waals surface area contributed by atoms with Gasteiger partial charge < -0.3 is 8.92 Å². The van der Waals surface area contributed by atoms with Crippen molar-refractivity contribution < 1.29 is 30.5 Å². The zero-order valence-corrected chi connectivity index (χ0v) is 21.7. The second-order valence-electron chi connectivity index (χ2n) is 9.37. The highest BCUT2D eigenvalue weighted by atomic mass is 35.5. The van der Waals surface area contributed by atoms with E-state index in [1.54, 1.807) is 6.20 Å². The monoisotopic (exact) mass is 571 g/mol. The van der Waals surface area contributed by atoms with Crippen molar-refractivity contribution in [3.8, 4) is 22.6 Å². The molecular weight excluding hydrogens is 550 g/mol. The topological polar surface area (TPSA) is 65.5 Å². The SMILES string of the molecule is O=S(=O)(Oc1cc(Cl)c(CCC2(c3cnccc3-c3ccccc3OC3CC3)CC2)cc1Cl)C(F)(F)F. The number of rotatable bonds is 9. The lowest BCUT2D eigenvalue weighted by Gasteiger charge is -2.21. The van der Waals surface area contributed by atoms with Crippen LogP contribution in [0.2, 0.25) is 10.0 Å². The predicted octanol–water partition coefficient (Wildman–Crippen LogP) is 7.49. The molecule has 5 nitrogen and oxygen atoms in total. The number of aryl methyl sites for hydroxylation is 1. The van der Waals surface area contributed by atoms with Gasteiger partial charge in [-0.1, -0.05) is 41.4 Å². The summed E-state index contributed by atoms with van der Waals surface area (Å²) in [6.07, 6.45) is 9.03. The van der Waals surface area contributed by atoms with Crippen LogP contribution in [0.5, 0.6) is 11.5 Å². The van der Waals surface area contributed by atoms with E-state index in [2.05, 4.69) is 9.17 Å². The molecule has 0 atom stereocenters. The summed E-state index contributed by atoms with van der Waals surface area (Å²) < 4.78 is 71.1. The Bertz CT molecular complexity index is 1440. The third kappa shape index (κ3) is 5.54. The van der Waals surface area contributed by atoms with Crippen molar-refractivity contribution in [2.75, 3.05) is 0 Å². The summed E-state index contributed by atoms with van der Waals surface area (Å²) in [5.41, 5.74) is -2.00. The molecule has 1 heterocycles. The number of nitrogens with zero attached hydrogens (tertiary/aromatic N) is 1. The first kappa shape index (κ1) is 26.1. The molecule has 2 fully saturated rings. The fourth-order valence-electron chi connectivity index (χ4n) is 4.38. The van der Waals surface area contributed by atoms with Crippen LogP contribution in [0.4, 0.5) is 13.2 Å². The summed E-state index contributed by atoms with van der Waals surface area (Å²) >= 11 is 12.4. The van der Waals surface area contributed by atoms with Gasteiger partial charge in [-0.25, -0.2) is 0 Å². The molecule has 0 spiro atoms. The number of ether oxygens (including phenoxy) is 1. The molecule has 0 radical (unpaired) electrons. The molecule has 1 aromatic heterocycles. The van der Waals surface area contributed by atoms with Crippen LogP contribution >= 0.6 is 23.2 Å². The van der Waals surface area contributed by atoms with Crippen LogP contribution in [0.25, 0.3) is 11.1 Å². The largest absolute Gasteiger partial charge is 0.534 e. The van der Waals surface area contributed by atoms with Gasteiger partial charge >= 0.3 is 15.6 Å². The van der Waals surface area contributed by atoms with Gasteiger partial charge in [0, 0.05) is 29.0 Å². The van der Waals surface area contributed by atoms with E-state index in [4.69, 9.17) is 27.9 Å². The molecule has 3 aromatic rings. The Morgan fingerprint density at radius 1 is 1.00 bits per heavy atom. The third-order valence-corrected chi connectivity index (χ3v) is 8.31. The van der Waals surface area contributed by atoms with Crippen LogP contribution in [0.3, 0.4) is 0 Å². The molecule has 11 heteroatoms. The quantitative estimate of drug-likeness (QED) is 0.196. The first-order chi connectivity index (χ1) is 17.5. The minimum Gasteiger partial charge on any atom is -0.490 e. The Morgan fingerprint density at radius 2 is 1.73 bits per heavy atom. The van der Waals surface area contributed by atoms with Crippen LogP contribution < -0.4 is 8.92 Å². The van der Waals surface area contributed by atoms with Gasteiger partial charge in [0.2, 0.25) is 0 Å². The van der Waals surface area contributed by atoms with E-state index >= 15 is 0 Å². The normalized spacial score (nSPS) is 16.9. The fraction of sp³-hybridized carbons (Fsp3) is 0.346. The van der Waals surface area contributed by atoms with Crippen molar-refractivity contribution in [1.82, 2.24) is 4.98 Å². The Kier molecular flexibility index (Phi) is 6.83. The lowest BCUT2D eigenvalue weighted by atomic mass is 9.85. The van der Waals surface area contributed by atoms with Gasteiger partial charge in [-0.15, -0.1) is 0 Å². The van der Waals surface area contributed by atoms with E-state index < -0.39 is 21.4 Å². The van der Waals surface area contributed by atoms with Crippen LogP contribution in [-0.2, 0) is 22.0 Å². The van der Waals surface area contributed by atoms with Crippen molar-refractivity contribution in [3.63, 3.8) is 0 Å². The van der Waals surface area contributed by atoms with Crippen molar-refractivity contribution in [1.29, 1.82) is 0 Å². The summed E-state index contributed by atoms with van der Waals surface area (Å²) in [6, 6.07) is 12.3. The second kappa shape index (κ2) is 9.67. The fourth-order valence-corrected chi connectivity index (χ4v) is 5.37. The maximum absolute atomic E-state index is 12.7. The highest BCUT2D eigenvalue weighted by Gasteiger charge is 2.49. The van der Waals surface area contributed by atoms with Crippen LogP contribution in [0, 0.1) is 0 Å².